The van der Waals surface area contributed by atoms with Crippen LogP contribution in [0.4, 0.5) is 0 Å². The Morgan fingerprint density at radius 2 is 2.00 bits per heavy atom. The van der Waals surface area contributed by atoms with Gasteiger partial charge in [0.25, 0.3) is 0 Å². The van der Waals surface area contributed by atoms with E-state index in [1.165, 1.54) is 0 Å². The molecule has 0 aliphatic carbocycles. The summed E-state index contributed by atoms with van der Waals surface area (Å²) in [6, 6.07) is 15.8. The van der Waals surface area contributed by atoms with E-state index in [1.54, 1.807) is 18.2 Å². The highest BCUT2D eigenvalue weighted by Gasteiger charge is 2.11. The zero-order chi connectivity index (χ0) is 15.2. The van der Waals surface area contributed by atoms with Gasteiger partial charge in [0.05, 0.1) is 0 Å². The quantitative estimate of drug-likeness (QED) is 0.770. The summed E-state index contributed by atoms with van der Waals surface area (Å²) in [6.45, 7) is 1.46. The lowest BCUT2D eigenvalue weighted by molar-refractivity contribution is 0.261. The van der Waals surface area contributed by atoms with Crippen LogP contribution in [0.5, 0.6) is 5.75 Å². The highest BCUT2D eigenvalue weighted by molar-refractivity contribution is 6.58. The zero-order valence-electron chi connectivity index (χ0n) is 12.3. The Bertz CT molecular complexity index is 587. The van der Waals surface area contributed by atoms with Crippen LogP contribution in [0.1, 0.15) is 0 Å². The van der Waals surface area contributed by atoms with Gasteiger partial charge < -0.3 is 19.7 Å². The van der Waals surface area contributed by atoms with E-state index in [1.807, 2.05) is 38.4 Å². The first kappa shape index (κ1) is 15.6. The Hall–Kier alpha value is -1.82. The number of benzene rings is 2. The summed E-state index contributed by atoms with van der Waals surface area (Å²) in [6.07, 6.45) is 0. The fraction of sp³-hybridized carbons (Fsp3) is 0.250. The van der Waals surface area contributed by atoms with Crippen LogP contribution in [-0.2, 0) is 0 Å². The van der Waals surface area contributed by atoms with Crippen LogP contribution in [0, 0.1) is 6.07 Å². The Labute approximate surface area is 125 Å². The van der Waals surface area contributed by atoms with Crippen LogP contribution in [-0.4, -0.2) is 49.3 Å². The second-order valence-corrected chi connectivity index (χ2v) is 5.09. The standard InChI is InChI=1S/C16H19BNO3/c1-18(2)9-10-21-16-8-4-6-14(12-16)13-5-3-7-15(11-13)17(19)20/h3-5,7-8,11-12,19-20H,9-10H2,1-2H3. The SMILES string of the molecule is CN(C)CCOc1cc[c]c(-c2cccc(B(O)O)c2)c1. The van der Waals surface area contributed by atoms with Gasteiger partial charge in [-0.1, -0.05) is 30.3 Å². The van der Waals surface area contributed by atoms with E-state index in [4.69, 9.17) is 4.74 Å². The normalized spacial score (nSPS) is 10.7. The smallest absolute Gasteiger partial charge is 0.488 e. The lowest BCUT2D eigenvalue weighted by atomic mass is 9.79. The van der Waals surface area contributed by atoms with Gasteiger partial charge in [0.2, 0.25) is 0 Å². The molecule has 5 heteroatoms. The monoisotopic (exact) mass is 284 g/mol. The molecule has 0 bridgehead atoms. The van der Waals surface area contributed by atoms with Gasteiger partial charge in [-0.15, -0.1) is 0 Å². The van der Waals surface area contributed by atoms with Crippen LogP contribution < -0.4 is 10.2 Å². The topological polar surface area (TPSA) is 52.9 Å². The molecule has 109 valence electrons. The van der Waals surface area contributed by atoms with Gasteiger partial charge in [-0.25, -0.2) is 0 Å². The molecule has 4 nitrogen and oxygen atoms in total. The first-order valence-corrected chi connectivity index (χ1v) is 6.82. The van der Waals surface area contributed by atoms with E-state index >= 15 is 0 Å². The Morgan fingerprint density at radius 1 is 1.19 bits per heavy atom. The second-order valence-electron chi connectivity index (χ2n) is 5.09. The molecule has 0 unspecified atom stereocenters. The third kappa shape index (κ3) is 4.60. The van der Waals surface area contributed by atoms with Crippen LogP contribution in [0.2, 0.25) is 0 Å². The van der Waals surface area contributed by atoms with Gasteiger partial charge in [-0.3, -0.25) is 0 Å². The summed E-state index contributed by atoms with van der Waals surface area (Å²) in [4.78, 5) is 2.06. The Balaban J connectivity index is 2.15. The molecule has 2 N–H and O–H groups in total. The van der Waals surface area contributed by atoms with Crippen LogP contribution in [0.3, 0.4) is 0 Å². The first-order valence-electron chi connectivity index (χ1n) is 6.82. The number of likely N-dealkylation sites (N-methyl/N-ethyl adjacent to an activating group) is 1. The van der Waals surface area contributed by atoms with Crippen LogP contribution in [0.15, 0.2) is 42.5 Å². The van der Waals surface area contributed by atoms with Crippen molar-refractivity contribution in [2.45, 2.75) is 0 Å². The van der Waals surface area contributed by atoms with Crippen molar-refractivity contribution in [3.8, 4) is 16.9 Å². The maximum Gasteiger partial charge on any atom is 0.488 e. The molecule has 2 aromatic rings. The van der Waals surface area contributed by atoms with E-state index in [0.717, 1.165) is 23.4 Å². The molecular formula is C16H19BNO3. The summed E-state index contributed by atoms with van der Waals surface area (Å²) in [7, 11) is 2.53. The fourth-order valence-corrected chi connectivity index (χ4v) is 1.91. The molecule has 0 saturated carbocycles. The van der Waals surface area contributed by atoms with Crippen LogP contribution in [0.25, 0.3) is 11.1 Å². The summed E-state index contributed by atoms with van der Waals surface area (Å²) < 4.78 is 5.70. The van der Waals surface area contributed by atoms with E-state index in [0.29, 0.717) is 12.1 Å². The van der Waals surface area contributed by atoms with Crippen molar-refractivity contribution >= 4 is 12.6 Å². The lowest BCUT2D eigenvalue weighted by Gasteiger charge is -2.12. The van der Waals surface area contributed by atoms with Gasteiger partial charge in [0.15, 0.2) is 0 Å². The van der Waals surface area contributed by atoms with Crippen LogP contribution >= 0.6 is 0 Å². The minimum atomic E-state index is -1.47. The summed E-state index contributed by atoms with van der Waals surface area (Å²) in [5, 5.41) is 18.5. The lowest BCUT2D eigenvalue weighted by Crippen LogP contribution is -2.29. The number of nitrogens with zero attached hydrogens (tertiary/aromatic N) is 1. The summed E-state index contributed by atoms with van der Waals surface area (Å²) >= 11 is 0. The van der Waals surface area contributed by atoms with Crippen molar-refractivity contribution in [2.75, 3.05) is 27.2 Å². The molecule has 0 amide bonds. The predicted molar refractivity (Wildman–Crippen MR) is 84.6 cm³/mol. The molecule has 0 heterocycles. The van der Waals surface area contributed by atoms with Gasteiger partial charge >= 0.3 is 7.12 Å². The van der Waals surface area contributed by atoms with Gasteiger partial charge in [0.1, 0.15) is 12.4 Å². The van der Waals surface area contributed by atoms with Crippen molar-refractivity contribution in [1.29, 1.82) is 0 Å². The van der Waals surface area contributed by atoms with Gasteiger partial charge in [-0.05, 0) is 48.9 Å². The molecule has 21 heavy (non-hydrogen) atoms. The van der Waals surface area contributed by atoms with Gasteiger partial charge in [0, 0.05) is 6.54 Å². The Morgan fingerprint density at radius 3 is 2.71 bits per heavy atom. The molecule has 0 spiro atoms. The number of ether oxygens (including phenoxy) is 1. The molecule has 0 saturated heterocycles. The average molecular weight is 284 g/mol. The van der Waals surface area contributed by atoms with Crippen molar-refractivity contribution in [3.63, 3.8) is 0 Å². The maximum atomic E-state index is 9.23. The molecular weight excluding hydrogens is 265 g/mol. The highest BCUT2D eigenvalue weighted by Crippen LogP contribution is 2.22. The summed E-state index contributed by atoms with van der Waals surface area (Å²) in [5.41, 5.74) is 2.19. The number of hydrogen-bond acceptors (Lipinski definition) is 4. The minimum Gasteiger partial charge on any atom is -0.492 e. The largest absolute Gasteiger partial charge is 0.492 e. The molecule has 0 aliphatic heterocycles. The number of hydrogen-bond donors (Lipinski definition) is 2. The minimum absolute atomic E-state index is 0.458. The molecule has 0 aliphatic rings. The van der Waals surface area contributed by atoms with E-state index in [-0.39, 0.29) is 0 Å². The molecule has 2 rings (SSSR count). The average Bonchev–Trinajstić information content (AvgIpc) is 2.47. The van der Waals surface area contributed by atoms with Crippen molar-refractivity contribution in [3.05, 3.63) is 48.5 Å². The molecule has 0 atom stereocenters. The first-order chi connectivity index (χ1) is 10.1. The summed E-state index contributed by atoms with van der Waals surface area (Å²) in [5.74, 6) is 0.778. The maximum absolute atomic E-state index is 9.23. The van der Waals surface area contributed by atoms with Crippen molar-refractivity contribution < 1.29 is 14.8 Å². The highest BCUT2D eigenvalue weighted by atomic mass is 16.5. The van der Waals surface area contributed by atoms with Crippen molar-refractivity contribution in [2.24, 2.45) is 0 Å². The zero-order valence-corrected chi connectivity index (χ0v) is 12.3. The molecule has 0 aromatic heterocycles. The van der Waals surface area contributed by atoms with E-state index < -0.39 is 7.12 Å². The van der Waals surface area contributed by atoms with Crippen molar-refractivity contribution in [1.82, 2.24) is 4.90 Å². The van der Waals surface area contributed by atoms with Gasteiger partial charge in [-0.2, -0.15) is 0 Å². The third-order valence-corrected chi connectivity index (χ3v) is 3.08. The predicted octanol–water partition coefficient (Wildman–Crippen LogP) is 0.774. The van der Waals surface area contributed by atoms with E-state index in [2.05, 4.69) is 11.0 Å². The Kier molecular flexibility index (Phi) is 5.39. The molecule has 1 radical (unpaired) electrons. The number of rotatable bonds is 6. The fourth-order valence-electron chi connectivity index (χ4n) is 1.91. The third-order valence-electron chi connectivity index (χ3n) is 3.08. The second kappa shape index (κ2) is 7.27. The molecule has 2 aromatic carbocycles. The van der Waals surface area contributed by atoms with E-state index in [9.17, 15) is 10.0 Å². The molecule has 0 fully saturated rings.